The van der Waals surface area contributed by atoms with Crippen LogP contribution in [0.2, 0.25) is 0 Å². The molecule has 0 radical (unpaired) electrons. The first-order valence-electron chi connectivity index (χ1n) is 6.72. The van der Waals surface area contributed by atoms with Gasteiger partial charge in [0, 0.05) is 12.0 Å². The number of hydrogen-bond acceptors (Lipinski definition) is 3. The molecule has 3 rings (SSSR count). The monoisotopic (exact) mass is 419 g/mol. The van der Waals surface area contributed by atoms with Crippen LogP contribution in [-0.4, -0.2) is 14.2 Å². The molecule has 0 saturated carbocycles. The number of Topliss-reactive ketones (excluding diaryl/α,β-unsaturated/α-hetero) is 1. The molecule has 0 heterocycles. The number of ketones is 1. The lowest BCUT2D eigenvalue weighted by Gasteiger charge is -2.13. The van der Waals surface area contributed by atoms with Gasteiger partial charge in [-0.1, -0.05) is 0 Å². The van der Waals surface area contributed by atoms with E-state index in [4.69, 9.17) is 0 Å². The highest BCUT2D eigenvalue weighted by Crippen LogP contribution is 2.32. The number of rotatable bonds is 3. The zero-order valence-electron chi connectivity index (χ0n) is 11.9. The summed E-state index contributed by atoms with van der Waals surface area (Å²) in [4.78, 5) is 11.3. The van der Waals surface area contributed by atoms with Crippen LogP contribution in [0.1, 0.15) is 22.3 Å². The van der Waals surface area contributed by atoms with Gasteiger partial charge in [0.2, 0.25) is 0 Å². The standard InChI is InChI=1S/C15H9BrF3NO3S/c16-14-10(18)2-3-11(15(14)19)20-24(22,23)13-6-7(17)5-9-8(13)1-4-12(9)21/h2-3,5-6,20H,1,4H2. The number of halogens is 4. The van der Waals surface area contributed by atoms with Crippen LogP contribution in [-0.2, 0) is 16.4 Å². The number of carbonyl (C=O) groups excluding carboxylic acids is 1. The van der Waals surface area contributed by atoms with Crippen molar-refractivity contribution < 1.29 is 26.4 Å². The van der Waals surface area contributed by atoms with E-state index in [2.05, 4.69) is 15.9 Å². The first-order valence-corrected chi connectivity index (χ1v) is 9.00. The molecular formula is C15H9BrF3NO3S. The molecule has 0 unspecified atom stereocenters. The largest absolute Gasteiger partial charge is 0.294 e. The minimum atomic E-state index is -4.36. The van der Waals surface area contributed by atoms with E-state index in [1.165, 1.54) is 0 Å². The molecule has 0 bridgehead atoms. The smallest absolute Gasteiger partial charge is 0.262 e. The number of hydrogen-bond donors (Lipinski definition) is 1. The fraction of sp³-hybridized carbons (Fsp3) is 0.133. The second-order valence-corrected chi connectivity index (χ2v) is 7.63. The number of sulfonamides is 1. The van der Waals surface area contributed by atoms with Crippen molar-refractivity contribution in [1.82, 2.24) is 0 Å². The fourth-order valence-electron chi connectivity index (χ4n) is 2.54. The summed E-state index contributed by atoms with van der Waals surface area (Å²) in [6, 6.07) is 3.55. The van der Waals surface area contributed by atoms with Crippen molar-refractivity contribution in [2.24, 2.45) is 0 Å². The predicted octanol–water partition coefficient (Wildman–Crippen LogP) is 3.80. The average molecular weight is 420 g/mol. The van der Waals surface area contributed by atoms with Gasteiger partial charge in [0.1, 0.15) is 11.6 Å². The van der Waals surface area contributed by atoms with Gasteiger partial charge in [-0.25, -0.2) is 21.6 Å². The third kappa shape index (κ3) is 2.82. The molecule has 1 aliphatic carbocycles. The van der Waals surface area contributed by atoms with E-state index in [9.17, 15) is 26.4 Å². The van der Waals surface area contributed by atoms with Gasteiger partial charge in [-0.05, 0) is 52.2 Å². The van der Waals surface area contributed by atoms with Crippen LogP contribution in [0.5, 0.6) is 0 Å². The lowest BCUT2D eigenvalue weighted by molar-refractivity contribution is 0.0994. The van der Waals surface area contributed by atoms with Crippen LogP contribution in [0.25, 0.3) is 0 Å². The third-order valence-electron chi connectivity index (χ3n) is 3.65. The van der Waals surface area contributed by atoms with Crippen LogP contribution < -0.4 is 4.72 Å². The van der Waals surface area contributed by atoms with Gasteiger partial charge in [-0.3, -0.25) is 9.52 Å². The van der Waals surface area contributed by atoms with Crippen molar-refractivity contribution in [2.45, 2.75) is 17.7 Å². The molecule has 0 aromatic heterocycles. The van der Waals surface area contributed by atoms with Crippen molar-refractivity contribution in [1.29, 1.82) is 0 Å². The molecule has 2 aromatic rings. The quantitative estimate of drug-likeness (QED) is 0.769. The van der Waals surface area contributed by atoms with Crippen LogP contribution in [0.3, 0.4) is 0 Å². The summed E-state index contributed by atoms with van der Waals surface area (Å²) >= 11 is 2.67. The van der Waals surface area contributed by atoms with E-state index < -0.39 is 42.5 Å². The van der Waals surface area contributed by atoms with Crippen LogP contribution in [0.15, 0.2) is 33.6 Å². The normalized spacial score (nSPS) is 13.9. The van der Waals surface area contributed by atoms with E-state index in [0.717, 1.165) is 24.3 Å². The molecule has 2 aromatic carbocycles. The third-order valence-corrected chi connectivity index (χ3v) is 5.80. The summed E-state index contributed by atoms with van der Waals surface area (Å²) in [5.74, 6) is -3.27. The molecule has 24 heavy (non-hydrogen) atoms. The number of nitrogens with one attached hydrogen (secondary N) is 1. The molecule has 4 nitrogen and oxygen atoms in total. The van der Waals surface area contributed by atoms with Crippen LogP contribution >= 0.6 is 15.9 Å². The van der Waals surface area contributed by atoms with Crippen LogP contribution in [0.4, 0.5) is 18.9 Å². The van der Waals surface area contributed by atoms with Gasteiger partial charge in [0.25, 0.3) is 10.0 Å². The molecule has 9 heteroatoms. The van der Waals surface area contributed by atoms with Crippen molar-refractivity contribution in [2.75, 3.05) is 4.72 Å². The maximum Gasteiger partial charge on any atom is 0.262 e. The first kappa shape index (κ1) is 17.0. The fourth-order valence-corrected chi connectivity index (χ4v) is 4.24. The van der Waals surface area contributed by atoms with Gasteiger partial charge < -0.3 is 0 Å². The maximum absolute atomic E-state index is 14.0. The molecule has 0 saturated heterocycles. The predicted molar refractivity (Wildman–Crippen MR) is 83.9 cm³/mol. The molecule has 0 spiro atoms. The SMILES string of the molecule is O=C1CCc2c1cc(F)cc2S(=O)(=O)Nc1ccc(F)c(Br)c1F. The molecule has 0 aliphatic heterocycles. The van der Waals surface area contributed by atoms with Gasteiger partial charge in [0.15, 0.2) is 11.6 Å². The van der Waals surface area contributed by atoms with Gasteiger partial charge in [0.05, 0.1) is 15.1 Å². The van der Waals surface area contributed by atoms with E-state index >= 15 is 0 Å². The number of carbonyl (C=O) groups is 1. The van der Waals surface area contributed by atoms with E-state index in [1.807, 2.05) is 4.72 Å². The Labute approximate surface area is 143 Å². The molecule has 1 aliphatic rings. The Morgan fingerprint density at radius 3 is 2.50 bits per heavy atom. The van der Waals surface area contributed by atoms with E-state index in [1.54, 1.807) is 0 Å². The highest BCUT2D eigenvalue weighted by molar-refractivity contribution is 9.10. The Morgan fingerprint density at radius 1 is 1.08 bits per heavy atom. The number of benzene rings is 2. The zero-order chi connectivity index (χ0) is 17.6. The highest BCUT2D eigenvalue weighted by atomic mass is 79.9. The lowest BCUT2D eigenvalue weighted by Crippen LogP contribution is -2.17. The van der Waals surface area contributed by atoms with Crippen LogP contribution in [0, 0.1) is 17.5 Å². The van der Waals surface area contributed by atoms with E-state index in [-0.39, 0.29) is 29.8 Å². The second-order valence-electron chi connectivity index (χ2n) is 5.18. The first-order chi connectivity index (χ1) is 11.2. The van der Waals surface area contributed by atoms with Crippen molar-refractivity contribution in [3.05, 3.63) is 57.3 Å². The van der Waals surface area contributed by atoms with Gasteiger partial charge in [-0.15, -0.1) is 0 Å². The number of fused-ring (bicyclic) bond motifs is 1. The summed E-state index contributed by atoms with van der Waals surface area (Å²) < 4.78 is 67.4. The van der Waals surface area contributed by atoms with Crippen molar-refractivity contribution in [3.63, 3.8) is 0 Å². The average Bonchev–Trinajstić information content (AvgIpc) is 2.88. The second kappa shape index (κ2) is 5.89. The molecule has 1 N–H and O–H groups in total. The van der Waals surface area contributed by atoms with Crippen molar-refractivity contribution >= 4 is 37.4 Å². The number of anilines is 1. The topological polar surface area (TPSA) is 63.2 Å². The van der Waals surface area contributed by atoms with E-state index in [0.29, 0.717) is 0 Å². The molecule has 0 atom stereocenters. The molecule has 126 valence electrons. The van der Waals surface area contributed by atoms with Crippen molar-refractivity contribution in [3.8, 4) is 0 Å². The maximum atomic E-state index is 14.0. The Bertz CT molecular complexity index is 976. The lowest BCUT2D eigenvalue weighted by atomic mass is 10.1. The molecule has 0 amide bonds. The Hall–Kier alpha value is -1.87. The Balaban J connectivity index is 2.09. The summed E-state index contributed by atoms with van der Waals surface area (Å²) in [6.45, 7) is 0. The van der Waals surface area contributed by atoms with Gasteiger partial charge >= 0.3 is 0 Å². The Kier molecular flexibility index (Phi) is 4.16. The van der Waals surface area contributed by atoms with Gasteiger partial charge in [-0.2, -0.15) is 0 Å². The minimum Gasteiger partial charge on any atom is -0.294 e. The summed E-state index contributed by atoms with van der Waals surface area (Å²) in [5, 5.41) is 0. The minimum absolute atomic E-state index is 0.0103. The summed E-state index contributed by atoms with van der Waals surface area (Å²) in [6.07, 6.45) is 0.234. The summed E-state index contributed by atoms with van der Waals surface area (Å²) in [5.41, 5.74) is -0.294. The highest BCUT2D eigenvalue weighted by Gasteiger charge is 2.30. The molecular weight excluding hydrogens is 411 g/mol. The zero-order valence-corrected chi connectivity index (χ0v) is 14.3. The Morgan fingerprint density at radius 2 is 1.79 bits per heavy atom. The molecule has 0 fully saturated rings. The summed E-state index contributed by atoms with van der Waals surface area (Å²) in [7, 11) is -4.36.